The van der Waals surface area contributed by atoms with Crippen LogP contribution in [0.3, 0.4) is 0 Å². The van der Waals surface area contributed by atoms with Crippen LogP contribution in [-0.2, 0) is 23.4 Å². The fourth-order valence-electron chi connectivity index (χ4n) is 4.82. The molecule has 230 valence electrons. The average Bonchev–Trinajstić information content (AvgIpc) is 3.48. The number of aromatic amines is 1. The molecule has 3 heterocycles. The van der Waals surface area contributed by atoms with Crippen LogP contribution in [-0.4, -0.2) is 72.3 Å². The molecule has 0 amide bonds. The minimum Gasteiger partial charge on any atom is -0.462 e. The van der Waals surface area contributed by atoms with E-state index in [2.05, 4.69) is 20.0 Å². The molecule has 1 aliphatic heterocycles. The molecule has 0 bridgehead atoms. The molecular weight excluding hydrogens is 583 g/mol. The minimum atomic E-state index is -4.40. The van der Waals surface area contributed by atoms with E-state index in [0.717, 1.165) is 5.39 Å². The Bertz CT molecular complexity index is 1740. The summed E-state index contributed by atoms with van der Waals surface area (Å²) in [6, 6.07) is 11.3. The maximum Gasteiger partial charge on any atom is 0.459 e. The van der Waals surface area contributed by atoms with E-state index in [1.54, 1.807) is 38.1 Å². The largest absolute Gasteiger partial charge is 0.462 e. The third kappa shape index (κ3) is 6.27. The van der Waals surface area contributed by atoms with Crippen molar-refractivity contribution in [3.63, 3.8) is 0 Å². The summed E-state index contributed by atoms with van der Waals surface area (Å²) >= 11 is 0. The minimum absolute atomic E-state index is 0.0239. The molecule has 0 spiro atoms. The monoisotopic (exact) mass is 616 g/mol. The summed E-state index contributed by atoms with van der Waals surface area (Å²) in [6.07, 6.45) is -5.94. The van der Waals surface area contributed by atoms with Gasteiger partial charge in [-0.3, -0.25) is 23.7 Å². The highest BCUT2D eigenvalue weighted by atomic mass is 31.2. The lowest BCUT2D eigenvalue weighted by Gasteiger charge is -2.29. The Morgan fingerprint density at radius 2 is 1.86 bits per heavy atom. The van der Waals surface area contributed by atoms with Gasteiger partial charge in [-0.05, 0) is 39.1 Å². The van der Waals surface area contributed by atoms with Crippen molar-refractivity contribution in [1.82, 2.24) is 24.6 Å². The second kappa shape index (κ2) is 12.0. The topological polar surface area (TPSA) is 213 Å². The molecule has 7 atom stereocenters. The number of aliphatic hydroxyl groups is 2. The van der Waals surface area contributed by atoms with Crippen LogP contribution >= 0.6 is 7.75 Å². The van der Waals surface area contributed by atoms with Crippen LogP contribution in [0.1, 0.15) is 33.9 Å². The van der Waals surface area contributed by atoms with Gasteiger partial charge < -0.3 is 29.9 Å². The number of anilines is 1. The fourth-order valence-corrected chi connectivity index (χ4v) is 6.53. The SMILES string of the molecule is CC(C)OC(=O)C(C)NP(=O)(Oc1cccc2ccccc12)OC(C)C1OC(n2cnc3c(=O)[nH]c(N)nc32)C(O)C1O. The molecule has 7 unspecified atom stereocenters. The number of rotatable bonds is 10. The summed E-state index contributed by atoms with van der Waals surface area (Å²) < 4.78 is 38.6. The summed E-state index contributed by atoms with van der Waals surface area (Å²) in [5.41, 5.74) is 5.06. The molecule has 1 saturated heterocycles. The van der Waals surface area contributed by atoms with Gasteiger partial charge in [0.15, 0.2) is 17.4 Å². The molecule has 15 nitrogen and oxygen atoms in total. The van der Waals surface area contributed by atoms with Crippen LogP contribution in [0.15, 0.2) is 53.6 Å². The van der Waals surface area contributed by atoms with E-state index in [0.29, 0.717) is 5.39 Å². The third-order valence-electron chi connectivity index (χ3n) is 6.79. The number of carbonyl (C=O) groups excluding carboxylic acids is 1. The van der Waals surface area contributed by atoms with Gasteiger partial charge >= 0.3 is 13.7 Å². The van der Waals surface area contributed by atoms with E-state index < -0.39 is 62.1 Å². The molecule has 0 radical (unpaired) electrons. The molecule has 5 rings (SSSR count). The first-order chi connectivity index (χ1) is 20.4. The number of ether oxygens (including phenoxy) is 2. The second-order valence-corrected chi connectivity index (χ2v) is 12.1. The summed E-state index contributed by atoms with van der Waals surface area (Å²) in [7, 11) is -4.40. The quantitative estimate of drug-likeness (QED) is 0.128. The van der Waals surface area contributed by atoms with Crippen LogP contribution in [0.5, 0.6) is 5.75 Å². The van der Waals surface area contributed by atoms with Crippen molar-refractivity contribution in [2.24, 2.45) is 0 Å². The second-order valence-electron chi connectivity index (χ2n) is 10.5. The van der Waals surface area contributed by atoms with E-state index in [9.17, 15) is 24.4 Å². The van der Waals surface area contributed by atoms with Crippen LogP contribution in [0, 0.1) is 0 Å². The van der Waals surface area contributed by atoms with Crippen LogP contribution < -0.4 is 20.9 Å². The van der Waals surface area contributed by atoms with Gasteiger partial charge in [0.25, 0.3) is 5.56 Å². The number of nitrogen functional groups attached to an aromatic ring is 1. The summed E-state index contributed by atoms with van der Waals surface area (Å²) in [5.74, 6) is -0.646. The molecule has 16 heteroatoms. The number of hydrogen-bond donors (Lipinski definition) is 5. The number of nitrogens with zero attached hydrogens (tertiary/aromatic N) is 3. The van der Waals surface area contributed by atoms with Crippen LogP contribution in [0.25, 0.3) is 21.9 Å². The molecular formula is C27H33N6O9P. The number of imidazole rings is 1. The highest BCUT2D eigenvalue weighted by molar-refractivity contribution is 7.52. The van der Waals surface area contributed by atoms with Crippen molar-refractivity contribution in [2.45, 2.75) is 70.5 Å². The molecule has 2 aromatic carbocycles. The van der Waals surface area contributed by atoms with Crippen molar-refractivity contribution >= 4 is 41.6 Å². The average molecular weight is 617 g/mol. The number of fused-ring (bicyclic) bond motifs is 2. The van der Waals surface area contributed by atoms with Crippen molar-refractivity contribution in [3.8, 4) is 5.75 Å². The lowest BCUT2D eigenvalue weighted by Crippen LogP contribution is -2.41. The number of nitrogens with two attached hydrogens (primary N) is 1. The van der Waals surface area contributed by atoms with Gasteiger partial charge in [-0.2, -0.15) is 10.1 Å². The van der Waals surface area contributed by atoms with Gasteiger partial charge in [0, 0.05) is 5.39 Å². The smallest absolute Gasteiger partial charge is 0.459 e. The Labute approximate surface area is 245 Å². The third-order valence-corrected chi connectivity index (χ3v) is 8.54. The molecule has 1 aliphatic rings. The molecule has 6 N–H and O–H groups in total. The summed E-state index contributed by atoms with van der Waals surface area (Å²) in [5, 5.41) is 25.9. The van der Waals surface area contributed by atoms with Gasteiger partial charge in [0.05, 0.1) is 18.5 Å². The van der Waals surface area contributed by atoms with E-state index in [1.807, 2.05) is 18.2 Å². The van der Waals surface area contributed by atoms with E-state index in [1.165, 1.54) is 24.7 Å². The number of esters is 1. The summed E-state index contributed by atoms with van der Waals surface area (Å²) in [6.45, 7) is 6.27. The van der Waals surface area contributed by atoms with Crippen LogP contribution in [0.4, 0.5) is 5.95 Å². The number of benzene rings is 2. The Morgan fingerprint density at radius 1 is 1.14 bits per heavy atom. The Hall–Kier alpha value is -3.85. The summed E-state index contributed by atoms with van der Waals surface area (Å²) in [4.78, 5) is 35.2. The zero-order valence-electron chi connectivity index (χ0n) is 23.8. The lowest BCUT2D eigenvalue weighted by molar-refractivity contribution is -0.149. The first-order valence-electron chi connectivity index (χ1n) is 13.5. The molecule has 2 aromatic heterocycles. The van der Waals surface area contributed by atoms with E-state index in [-0.39, 0.29) is 22.9 Å². The van der Waals surface area contributed by atoms with E-state index >= 15 is 0 Å². The fraction of sp³-hybridized carbons (Fsp3) is 0.407. The maximum atomic E-state index is 14.3. The zero-order valence-corrected chi connectivity index (χ0v) is 24.7. The predicted octanol–water partition coefficient (Wildman–Crippen LogP) is 2.00. The van der Waals surface area contributed by atoms with Crippen molar-refractivity contribution in [2.75, 3.05) is 5.73 Å². The van der Waals surface area contributed by atoms with Gasteiger partial charge in [-0.25, -0.2) is 9.55 Å². The predicted molar refractivity (Wildman–Crippen MR) is 155 cm³/mol. The lowest BCUT2D eigenvalue weighted by atomic mass is 10.1. The van der Waals surface area contributed by atoms with Crippen molar-refractivity contribution < 1.29 is 38.1 Å². The number of nitrogens with one attached hydrogen (secondary N) is 2. The molecule has 1 fully saturated rings. The number of carbonyl (C=O) groups is 1. The Morgan fingerprint density at radius 3 is 2.60 bits per heavy atom. The maximum absolute atomic E-state index is 14.3. The molecule has 0 saturated carbocycles. The van der Waals surface area contributed by atoms with Gasteiger partial charge in [0.1, 0.15) is 30.1 Å². The normalized spacial score (nSPS) is 23.3. The van der Waals surface area contributed by atoms with Gasteiger partial charge in [0.2, 0.25) is 5.95 Å². The Balaban J connectivity index is 1.43. The van der Waals surface area contributed by atoms with Crippen LogP contribution in [0.2, 0.25) is 0 Å². The van der Waals surface area contributed by atoms with Crippen molar-refractivity contribution in [1.29, 1.82) is 0 Å². The highest BCUT2D eigenvalue weighted by Gasteiger charge is 2.49. The molecule has 43 heavy (non-hydrogen) atoms. The molecule has 0 aliphatic carbocycles. The van der Waals surface area contributed by atoms with Gasteiger partial charge in [-0.1, -0.05) is 36.4 Å². The number of hydrogen-bond acceptors (Lipinski definition) is 12. The first kappa shape index (κ1) is 30.6. The number of H-pyrrole nitrogens is 1. The first-order valence-corrected chi connectivity index (χ1v) is 15.1. The standard InChI is InChI=1S/C27H33N6O9P/c1-13(2)39-26(37)14(3)32-43(38,42-18-11-7-9-16-8-5-6-10-17(16)18)41-15(4)22-20(34)21(35)25(40-22)33-12-29-19-23(33)30-27(28)31-24(19)36/h5-15,20-22,25,34-35H,1-4H3,(H,32,38)(H3,28,30,31,36). The number of aliphatic hydroxyl groups excluding tert-OH is 2. The van der Waals surface area contributed by atoms with Crippen molar-refractivity contribution in [3.05, 3.63) is 59.1 Å². The Kier molecular flexibility index (Phi) is 8.56. The highest BCUT2D eigenvalue weighted by Crippen LogP contribution is 2.49. The van der Waals surface area contributed by atoms with Gasteiger partial charge in [-0.15, -0.1) is 0 Å². The zero-order chi connectivity index (χ0) is 31.1. The van der Waals surface area contributed by atoms with E-state index in [4.69, 9.17) is 24.3 Å². The number of aromatic nitrogens is 4. The molecule has 4 aromatic rings.